The Hall–Kier alpha value is -1.29. The van der Waals surface area contributed by atoms with Gasteiger partial charge in [0.25, 0.3) is 0 Å². The van der Waals surface area contributed by atoms with Crippen molar-refractivity contribution in [2.24, 2.45) is 7.05 Å². The van der Waals surface area contributed by atoms with Crippen LogP contribution in [0.3, 0.4) is 0 Å². The molecule has 0 amide bonds. The molecule has 0 bridgehead atoms. The fourth-order valence-electron chi connectivity index (χ4n) is 1.56. The lowest BCUT2D eigenvalue weighted by molar-refractivity contribution is 0.615. The first-order valence-electron chi connectivity index (χ1n) is 4.76. The van der Waals surface area contributed by atoms with Gasteiger partial charge in [-0.05, 0) is 19.9 Å². The van der Waals surface area contributed by atoms with Crippen molar-refractivity contribution in [3.05, 3.63) is 34.4 Å². The first-order chi connectivity index (χ1) is 7.08. The number of hydrogen-bond donors (Lipinski definition) is 0. The highest BCUT2D eigenvalue weighted by Crippen LogP contribution is 2.19. The van der Waals surface area contributed by atoms with Crippen molar-refractivity contribution < 1.29 is 0 Å². The minimum Gasteiger partial charge on any atom is -0.269 e. The van der Waals surface area contributed by atoms with Crippen LogP contribution in [0.4, 0.5) is 0 Å². The molecular formula is C10H13ClN4. The molecule has 0 aliphatic rings. The third-order valence-corrected chi connectivity index (χ3v) is 2.84. The van der Waals surface area contributed by atoms with Crippen molar-refractivity contribution in [2.75, 3.05) is 0 Å². The Morgan fingerprint density at radius 1 is 1.33 bits per heavy atom. The first kappa shape index (κ1) is 10.2. The lowest BCUT2D eigenvalue weighted by Gasteiger charge is -2.02. The molecule has 2 heterocycles. The molecule has 5 heteroatoms. The van der Waals surface area contributed by atoms with Crippen LogP contribution in [-0.4, -0.2) is 19.6 Å². The van der Waals surface area contributed by atoms with Gasteiger partial charge in [0.1, 0.15) is 0 Å². The monoisotopic (exact) mass is 224 g/mol. The molecule has 0 aliphatic carbocycles. The zero-order valence-electron chi connectivity index (χ0n) is 9.03. The molecule has 2 aromatic heterocycles. The maximum atomic E-state index is 6.15. The standard InChI is InChI=1S/C10H13ClN4/c1-7-4-5-15(12-7)6-9-10(11)8(2)13-14(9)3/h4-5H,6H2,1-3H3. The maximum Gasteiger partial charge on any atom is 0.0866 e. The van der Waals surface area contributed by atoms with Crippen LogP contribution in [-0.2, 0) is 13.6 Å². The molecule has 0 N–H and O–H groups in total. The van der Waals surface area contributed by atoms with E-state index in [9.17, 15) is 0 Å². The zero-order chi connectivity index (χ0) is 11.0. The number of halogens is 1. The lowest BCUT2D eigenvalue weighted by atomic mass is 10.3. The smallest absolute Gasteiger partial charge is 0.0866 e. The third-order valence-electron chi connectivity index (χ3n) is 2.35. The van der Waals surface area contributed by atoms with Gasteiger partial charge in [-0.2, -0.15) is 10.2 Å². The van der Waals surface area contributed by atoms with Gasteiger partial charge in [0.2, 0.25) is 0 Å². The fraction of sp³-hybridized carbons (Fsp3) is 0.400. The van der Waals surface area contributed by atoms with Crippen LogP contribution < -0.4 is 0 Å². The van der Waals surface area contributed by atoms with E-state index in [0.717, 1.165) is 22.1 Å². The van der Waals surface area contributed by atoms with E-state index in [1.54, 1.807) is 4.68 Å². The van der Waals surface area contributed by atoms with E-state index in [0.29, 0.717) is 6.54 Å². The van der Waals surface area contributed by atoms with Crippen LogP contribution in [0, 0.1) is 13.8 Å². The van der Waals surface area contributed by atoms with E-state index >= 15 is 0 Å². The van der Waals surface area contributed by atoms with Crippen molar-refractivity contribution in [1.82, 2.24) is 19.6 Å². The Morgan fingerprint density at radius 2 is 2.07 bits per heavy atom. The Bertz CT molecular complexity index is 484. The molecule has 0 saturated carbocycles. The van der Waals surface area contributed by atoms with Crippen LogP contribution in [0.5, 0.6) is 0 Å². The minimum atomic E-state index is 0.657. The summed E-state index contributed by atoms with van der Waals surface area (Å²) in [6, 6.07) is 1.97. The van der Waals surface area contributed by atoms with Gasteiger partial charge < -0.3 is 0 Å². The minimum absolute atomic E-state index is 0.657. The molecule has 0 unspecified atom stereocenters. The Kier molecular flexibility index (Phi) is 2.52. The summed E-state index contributed by atoms with van der Waals surface area (Å²) in [6.07, 6.45) is 1.94. The SMILES string of the molecule is Cc1ccn(Cc2c(Cl)c(C)nn2C)n1. The number of aromatic nitrogens is 4. The number of hydrogen-bond acceptors (Lipinski definition) is 2. The molecule has 0 fully saturated rings. The first-order valence-corrected chi connectivity index (χ1v) is 5.13. The molecule has 0 saturated heterocycles. The van der Waals surface area contributed by atoms with E-state index in [1.165, 1.54) is 0 Å². The van der Waals surface area contributed by atoms with E-state index in [-0.39, 0.29) is 0 Å². The fourth-order valence-corrected chi connectivity index (χ4v) is 1.78. The quantitative estimate of drug-likeness (QED) is 0.782. The van der Waals surface area contributed by atoms with Crippen LogP contribution in [0.1, 0.15) is 17.1 Å². The molecule has 0 aromatic carbocycles. The summed E-state index contributed by atoms with van der Waals surface area (Å²) in [6.45, 7) is 4.52. The predicted octanol–water partition coefficient (Wildman–Crippen LogP) is 1.94. The van der Waals surface area contributed by atoms with Gasteiger partial charge in [-0.15, -0.1) is 0 Å². The summed E-state index contributed by atoms with van der Waals surface area (Å²) in [5.74, 6) is 0. The molecule has 2 aromatic rings. The lowest BCUT2D eigenvalue weighted by Crippen LogP contribution is -2.06. The Balaban J connectivity index is 2.31. The normalized spacial score (nSPS) is 10.9. The summed E-state index contributed by atoms with van der Waals surface area (Å²) < 4.78 is 3.66. The van der Waals surface area contributed by atoms with E-state index < -0.39 is 0 Å². The molecule has 4 nitrogen and oxygen atoms in total. The second-order valence-electron chi connectivity index (χ2n) is 3.62. The zero-order valence-corrected chi connectivity index (χ0v) is 9.78. The van der Waals surface area contributed by atoms with Crippen LogP contribution in [0.15, 0.2) is 12.3 Å². The Labute approximate surface area is 93.5 Å². The summed E-state index contributed by atoms with van der Waals surface area (Å²) in [7, 11) is 1.89. The second kappa shape index (κ2) is 3.70. The summed E-state index contributed by atoms with van der Waals surface area (Å²) >= 11 is 6.15. The Morgan fingerprint density at radius 3 is 2.53 bits per heavy atom. The number of nitrogens with zero attached hydrogens (tertiary/aromatic N) is 4. The van der Waals surface area contributed by atoms with Crippen LogP contribution >= 0.6 is 11.6 Å². The molecular weight excluding hydrogens is 212 g/mol. The summed E-state index contributed by atoms with van der Waals surface area (Å²) in [4.78, 5) is 0. The van der Waals surface area contributed by atoms with Gasteiger partial charge in [-0.3, -0.25) is 9.36 Å². The van der Waals surface area contributed by atoms with Crippen molar-refractivity contribution in [2.45, 2.75) is 20.4 Å². The molecule has 0 atom stereocenters. The summed E-state index contributed by atoms with van der Waals surface area (Å²) in [5, 5.41) is 9.30. The molecule has 80 valence electrons. The molecule has 15 heavy (non-hydrogen) atoms. The van der Waals surface area contributed by atoms with Gasteiger partial charge >= 0.3 is 0 Å². The van der Waals surface area contributed by atoms with E-state index in [1.807, 2.05) is 37.8 Å². The molecule has 2 rings (SSSR count). The third kappa shape index (κ3) is 1.90. The average Bonchev–Trinajstić information content (AvgIpc) is 2.67. The second-order valence-corrected chi connectivity index (χ2v) is 4.00. The highest BCUT2D eigenvalue weighted by Gasteiger charge is 2.11. The maximum absolute atomic E-state index is 6.15. The highest BCUT2D eigenvalue weighted by molar-refractivity contribution is 6.31. The largest absolute Gasteiger partial charge is 0.269 e. The highest BCUT2D eigenvalue weighted by atomic mass is 35.5. The van der Waals surface area contributed by atoms with Crippen molar-refractivity contribution in [1.29, 1.82) is 0 Å². The van der Waals surface area contributed by atoms with Crippen LogP contribution in [0.2, 0.25) is 5.02 Å². The molecule has 0 aliphatic heterocycles. The van der Waals surface area contributed by atoms with Crippen LogP contribution in [0.25, 0.3) is 0 Å². The van der Waals surface area contributed by atoms with Crippen molar-refractivity contribution in [3.8, 4) is 0 Å². The number of rotatable bonds is 2. The summed E-state index contributed by atoms with van der Waals surface area (Å²) in [5.41, 5.74) is 2.85. The van der Waals surface area contributed by atoms with E-state index in [4.69, 9.17) is 11.6 Å². The van der Waals surface area contributed by atoms with Crippen molar-refractivity contribution in [3.63, 3.8) is 0 Å². The van der Waals surface area contributed by atoms with Gasteiger partial charge in [0.15, 0.2) is 0 Å². The van der Waals surface area contributed by atoms with Crippen molar-refractivity contribution >= 4 is 11.6 Å². The van der Waals surface area contributed by atoms with Gasteiger partial charge in [0.05, 0.1) is 28.6 Å². The number of aryl methyl sites for hydroxylation is 3. The molecule has 0 radical (unpaired) electrons. The topological polar surface area (TPSA) is 35.6 Å². The average molecular weight is 225 g/mol. The predicted molar refractivity (Wildman–Crippen MR) is 59.0 cm³/mol. The van der Waals surface area contributed by atoms with Gasteiger partial charge in [-0.1, -0.05) is 11.6 Å². The van der Waals surface area contributed by atoms with Gasteiger partial charge in [0, 0.05) is 13.2 Å². The molecule has 0 spiro atoms. The van der Waals surface area contributed by atoms with E-state index in [2.05, 4.69) is 10.2 Å². The van der Waals surface area contributed by atoms with Gasteiger partial charge in [-0.25, -0.2) is 0 Å².